The predicted octanol–water partition coefficient (Wildman–Crippen LogP) is 2.48. The van der Waals surface area contributed by atoms with Crippen molar-refractivity contribution in [2.45, 2.75) is 0 Å². The van der Waals surface area contributed by atoms with Crippen LogP contribution in [0.25, 0.3) is 0 Å². The number of ether oxygens (including phenoxy) is 1. The summed E-state index contributed by atoms with van der Waals surface area (Å²) in [5.74, 6) is 0.590. The number of benzene rings is 1. The van der Waals surface area contributed by atoms with Crippen LogP contribution in [-0.4, -0.2) is 23.1 Å². The summed E-state index contributed by atoms with van der Waals surface area (Å²) in [6.45, 7) is 0.873. The first kappa shape index (κ1) is 12.8. The molecule has 0 unspecified atom stereocenters. The van der Waals surface area contributed by atoms with E-state index in [2.05, 4.69) is 10.3 Å². The van der Waals surface area contributed by atoms with E-state index in [1.54, 1.807) is 12.1 Å². The third kappa shape index (κ3) is 3.67. The van der Waals surface area contributed by atoms with E-state index in [-0.39, 0.29) is 5.82 Å². The van der Waals surface area contributed by atoms with E-state index in [4.69, 9.17) is 4.74 Å². The van der Waals surface area contributed by atoms with Crippen LogP contribution in [0.1, 0.15) is 0 Å². The summed E-state index contributed by atoms with van der Waals surface area (Å²) in [5, 5.41) is 13.7. The molecular weight excluding hydrogens is 246 g/mol. The first-order chi connectivity index (χ1) is 9.27. The molecule has 0 saturated heterocycles. The normalized spacial score (nSPS) is 9.89. The molecule has 0 aliphatic rings. The summed E-state index contributed by atoms with van der Waals surface area (Å²) in [7, 11) is 0. The van der Waals surface area contributed by atoms with Crippen LogP contribution in [0.4, 0.5) is 11.5 Å². The number of hydrogen-bond donors (Lipinski definition) is 1. The predicted molar refractivity (Wildman–Crippen MR) is 71.3 cm³/mol. The molecule has 19 heavy (non-hydrogen) atoms. The van der Waals surface area contributed by atoms with E-state index >= 15 is 0 Å². The van der Waals surface area contributed by atoms with E-state index in [1.807, 2.05) is 30.3 Å². The quantitative estimate of drug-likeness (QED) is 0.490. The number of rotatable bonds is 6. The van der Waals surface area contributed by atoms with E-state index < -0.39 is 4.92 Å². The molecule has 0 radical (unpaired) electrons. The highest BCUT2D eigenvalue weighted by Crippen LogP contribution is 2.19. The molecular formula is C13H13N3O3. The van der Waals surface area contributed by atoms with Crippen molar-refractivity contribution in [1.82, 2.24) is 4.98 Å². The van der Waals surface area contributed by atoms with Crippen molar-refractivity contribution < 1.29 is 9.66 Å². The van der Waals surface area contributed by atoms with Crippen molar-refractivity contribution in [1.29, 1.82) is 0 Å². The number of para-hydroxylation sites is 1. The molecule has 1 N–H and O–H groups in total. The molecule has 0 bridgehead atoms. The van der Waals surface area contributed by atoms with Crippen molar-refractivity contribution >= 4 is 11.5 Å². The maximum atomic E-state index is 10.7. The number of nitrogens with one attached hydrogen (secondary N) is 1. The minimum atomic E-state index is -0.514. The van der Waals surface area contributed by atoms with E-state index in [0.717, 1.165) is 5.75 Å². The molecule has 0 aliphatic heterocycles. The molecule has 0 saturated carbocycles. The van der Waals surface area contributed by atoms with Crippen LogP contribution in [0.3, 0.4) is 0 Å². The molecule has 0 atom stereocenters. The van der Waals surface area contributed by atoms with Crippen LogP contribution in [0.2, 0.25) is 0 Å². The molecule has 0 aliphatic carbocycles. The zero-order valence-corrected chi connectivity index (χ0v) is 10.2. The fourth-order valence-electron chi connectivity index (χ4n) is 1.55. The summed E-state index contributed by atoms with van der Waals surface area (Å²) in [6, 6.07) is 12.6. The Morgan fingerprint density at radius 2 is 2.00 bits per heavy atom. The Kier molecular flexibility index (Phi) is 4.28. The lowest BCUT2D eigenvalue weighted by molar-refractivity contribution is -0.388. The van der Waals surface area contributed by atoms with Crippen LogP contribution in [-0.2, 0) is 0 Å². The molecule has 6 heteroatoms. The lowest BCUT2D eigenvalue weighted by Crippen LogP contribution is -2.12. The first-order valence-corrected chi connectivity index (χ1v) is 5.78. The van der Waals surface area contributed by atoms with Crippen LogP contribution in [0.5, 0.6) is 5.75 Å². The SMILES string of the molecule is O=[N+]([O-])c1ncccc1NCCOc1ccccc1. The monoisotopic (exact) mass is 259 g/mol. The minimum Gasteiger partial charge on any atom is -0.492 e. The highest BCUT2D eigenvalue weighted by Gasteiger charge is 2.12. The second-order valence-electron chi connectivity index (χ2n) is 3.72. The number of nitro groups is 1. The second-order valence-corrected chi connectivity index (χ2v) is 3.72. The largest absolute Gasteiger partial charge is 0.492 e. The summed E-state index contributed by atoms with van der Waals surface area (Å²) in [4.78, 5) is 13.9. The van der Waals surface area contributed by atoms with Crippen molar-refractivity contribution in [3.05, 3.63) is 58.8 Å². The molecule has 1 aromatic carbocycles. The molecule has 1 aromatic heterocycles. The lowest BCUT2D eigenvalue weighted by atomic mass is 10.3. The molecule has 1 heterocycles. The Hall–Kier alpha value is -2.63. The summed E-state index contributed by atoms with van der Waals surface area (Å²) >= 11 is 0. The molecule has 6 nitrogen and oxygen atoms in total. The van der Waals surface area contributed by atoms with Gasteiger partial charge in [-0.1, -0.05) is 18.2 Å². The average Bonchev–Trinajstić information content (AvgIpc) is 2.45. The number of nitrogens with zero attached hydrogens (tertiary/aromatic N) is 2. The Balaban J connectivity index is 1.85. The summed E-state index contributed by atoms with van der Waals surface area (Å²) in [5.41, 5.74) is 0.393. The van der Waals surface area contributed by atoms with Crippen LogP contribution in [0.15, 0.2) is 48.7 Å². The Morgan fingerprint density at radius 1 is 1.21 bits per heavy atom. The number of aromatic nitrogens is 1. The van der Waals surface area contributed by atoms with Gasteiger partial charge in [0.15, 0.2) is 0 Å². The smallest absolute Gasteiger partial charge is 0.386 e. The van der Waals surface area contributed by atoms with Gasteiger partial charge in [-0.25, -0.2) is 0 Å². The van der Waals surface area contributed by atoms with Crippen molar-refractivity contribution in [2.24, 2.45) is 0 Å². The van der Waals surface area contributed by atoms with Gasteiger partial charge in [0.2, 0.25) is 0 Å². The minimum absolute atomic E-state index is 0.179. The highest BCUT2D eigenvalue weighted by atomic mass is 16.6. The van der Waals surface area contributed by atoms with Gasteiger partial charge in [-0.15, -0.1) is 0 Å². The third-order valence-corrected chi connectivity index (χ3v) is 2.39. The molecule has 2 rings (SSSR count). The van der Waals surface area contributed by atoms with Gasteiger partial charge in [-0.05, 0) is 34.2 Å². The van der Waals surface area contributed by atoms with Gasteiger partial charge in [0.25, 0.3) is 0 Å². The van der Waals surface area contributed by atoms with Crippen molar-refractivity contribution in [2.75, 3.05) is 18.5 Å². The average molecular weight is 259 g/mol. The number of pyridine rings is 1. The summed E-state index contributed by atoms with van der Waals surface area (Å²) < 4.78 is 5.48. The van der Waals surface area contributed by atoms with E-state index in [9.17, 15) is 10.1 Å². The Labute approximate surface area is 110 Å². The Bertz CT molecular complexity index is 546. The van der Waals surface area contributed by atoms with Gasteiger partial charge in [0.05, 0.1) is 0 Å². The zero-order valence-electron chi connectivity index (χ0n) is 10.2. The lowest BCUT2D eigenvalue weighted by Gasteiger charge is -2.08. The Morgan fingerprint density at radius 3 is 2.74 bits per heavy atom. The van der Waals surface area contributed by atoms with Crippen molar-refractivity contribution in [3.63, 3.8) is 0 Å². The molecule has 2 aromatic rings. The van der Waals surface area contributed by atoms with Crippen LogP contribution >= 0.6 is 0 Å². The van der Waals surface area contributed by atoms with Gasteiger partial charge in [-0.3, -0.25) is 0 Å². The molecule has 0 fully saturated rings. The van der Waals surface area contributed by atoms with Gasteiger partial charge < -0.3 is 20.2 Å². The van der Waals surface area contributed by atoms with Crippen LogP contribution in [0, 0.1) is 10.1 Å². The molecule has 98 valence electrons. The first-order valence-electron chi connectivity index (χ1n) is 5.78. The molecule has 0 amide bonds. The number of anilines is 1. The summed E-state index contributed by atoms with van der Waals surface area (Å²) in [6.07, 6.45) is 1.39. The number of hydrogen-bond acceptors (Lipinski definition) is 5. The van der Waals surface area contributed by atoms with Crippen LogP contribution < -0.4 is 10.1 Å². The van der Waals surface area contributed by atoms with Gasteiger partial charge in [-0.2, -0.15) is 0 Å². The van der Waals surface area contributed by atoms with Gasteiger partial charge >= 0.3 is 5.82 Å². The highest BCUT2D eigenvalue weighted by molar-refractivity contribution is 5.56. The third-order valence-electron chi connectivity index (χ3n) is 2.39. The van der Waals surface area contributed by atoms with E-state index in [0.29, 0.717) is 18.8 Å². The second kappa shape index (κ2) is 6.34. The van der Waals surface area contributed by atoms with Crippen molar-refractivity contribution in [3.8, 4) is 5.75 Å². The van der Waals surface area contributed by atoms with Gasteiger partial charge in [0.1, 0.15) is 24.2 Å². The van der Waals surface area contributed by atoms with Gasteiger partial charge in [0, 0.05) is 6.54 Å². The zero-order chi connectivity index (χ0) is 13.5. The molecule has 0 spiro atoms. The fourth-order valence-corrected chi connectivity index (χ4v) is 1.55. The standard InChI is InChI=1S/C13H13N3O3/c17-16(18)13-12(7-4-8-15-13)14-9-10-19-11-5-2-1-3-6-11/h1-8,14H,9-10H2. The maximum absolute atomic E-state index is 10.7. The van der Waals surface area contributed by atoms with E-state index in [1.165, 1.54) is 6.20 Å². The topological polar surface area (TPSA) is 77.3 Å². The fraction of sp³-hybridized carbons (Fsp3) is 0.154. The maximum Gasteiger partial charge on any atom is 0.386 e.